The first-order valence-corrected chi connectivity index (χ1v) is 7.76. The molecule has 1 aliphatic carbocycles. The third-order valence-corrected chi connectivity index (χ3v) is 4.61. The predicted molar refractivity (Wildman–Crippen MR) is 74.3 cm³/mol. The van der Waals surface area contributed by atoms with Crippen LogP contribution in [0.3, 0.4) is 0 Å². The molecule has 2 heteroatoms. The fraction of sp³-hybridized carbons (Fsp3) is 1.00. The highest BCUT2D eigenvalue weighted by atomic mass is 15.2. The third-order valence-electron chi connectivity index (χ3n) is 4.61. The molecule has 0 amide bonds. The highest BCUT2D eigenvalue weighted by Crippen LogP contribution is 2.26. The molecule has 2 aliphatic rings. The summed E-state index contributed by atoms with van der Waals surface area (Å²) >= 11 is 0. The summed E-state index contributed by atoms with van der Waals surface area (Å²) in [6.45, 7) is 8.63. The summed E-state index contributed by atoms with van der Waals surface area (Å²) in [6.07, 6.45) is 9.92. The third kappa shape index (κ3) is 4.26. The number of nitrogens with zero attached hydrogens (tertiary/aromatic N) is 1. The van der Waals surface area contributed by atoms with E-state index >= 15 is 0 Å². The Morgan fingerprint density at radius 2 is 1.94 bits per heavy atom. The largest absolute Gasteiger partial charge is 0.310 e. The molecule has 1 saturated carbocycles. The van der Waals surface area contributed by atoms with Gasteiger partial charge in [0, 0.05) is 18.6 Å². The Balaban J connectivity index is 1.68. The Hall–Kier alpha value is -0.0800. The van der Waals surface area contributed by atoms with Gasteiger partial charge < -0.3 is 10.2 Å². The molecule has 3 unspecified atom stereocenters. The van der Waals surface area contributed by atoms with Crippen molar-refractivity contribution in [3.63, 3.8) is 0 Å². The molecule has 17 heavy (non-hydrogen) atoms. The SMILES string of the molecule is CCC1CCCC(NC(C)CN2CCCC2)C1. The number of rotatable bonds is 5. The smallest absolute Gasteiger partial charge is 0.0169 e. The molecule has 2 rings (SSSR count). The van der Waals surface area contributed by atoms with Crippen LogP contribution in [0.25, 0.3) is 0 Å². The molecular formula is C15H30N2. The Morgan fingerprint density at radius 3 is 2.65 bits per heavy atom. The van der Waals surface area contributed by atoms with Crippen LogP contribution in [-0.2, 0) is 0 Å². The minimum atomic E-state index is 0.675. The second kappa shape index (κ2) is 6.75. The lowest BCUT2D eigenvalue weighted by atomic mass is 9.84. The van der Waals surface area contributed by atoms with E-state index in [4.69, 9.17) is 0 Å². The van der Waals surface area contributed by atoms with Crippen LogP contribution in [0.4, 0.5) is 0 Å². The molecule has 0 bridgehead atoms. The van der Waals surface area contributed by atoms with Gasteiger partial charge in [-0.05, 0) is 51.6 Å². The lowest BCUT2D eigenvalue weighted by molar-refractivity contribution is 0.235. The minimum Gasteiger partial charge on any atom is -0.310 e. The number of hydrogen-bond donors (Lipinski definition) is 1. The number of nitrogens with one attached hydrogen (secondary N) is 1. The van der Waals surface area contributed by atoms with Crippen molar-refractivity contribution in [2.24, 2.45) is 5.92 Å². The van der Waals surface area contributed by atoms with Gasteiger partial charge in [-0.3, -0.25) is 0 Å². The van der Waals surface area contributed by atoms with Crippen LogP contribution in [0.1, 0.15) is 58.8 Å². The number of hydrogen-bond acceptors (Lipinski definition) is 2. The summed E-state index contributed by atoms with van der Waals surface area (Å²) in [7, 11) is 0. The topological polar surface area (TPSA) is 15.3 Å². The lowest BCUT2D eigenvalue weighted by Gasteiger charge is -2.32. The van der Waals surface area contributed by atoms with Crippen LogP contribution in [-0.4, -0.2) is 36.6 Å². The number of likely N-dealkylation sites (tertiary alicyclic amines) is 1. The minimum absolute atomic E-state index is 0.675. The normalized spacial score (nSPS) is 32.8. The van der Waals surface area contributed by atoms with Gasteiger partial charge in [-0.1, -0.05) is 26.2 Å². The molecule has 1 heterocycles. The molecule has 2 fully saturated rings. The fourth-order valence-electron chi connectivity index (χ4n) is 3.62. The summed E-state index contributed by atoms with van der Waals surface area (Å²) in [5.41, 5.74) is 0. The van der Waals surface area contributed by atoms with Crippen LogP contribution >= 0.6 is 0 Å². The average Bonchev–Trinajstić information content (AvgIpc) is 2.82. The molecule has 3 atom stereocenters. The maximum atomic E-state index is 3.87. The van der Waals surface area contributed by atoms with E-state index in [0.29, 0.717) is 6.04 Å². The monoisotopic (exact) mass is 238 g/mol. The van der Waals surface area contributed by atoms with Gasteiger partial charge >= 0.3 is 0 Å². The van der Waals surface area contributed by atoms with Crippen LogP contribution in [0.2, 0.25) is 0 Å². The zero-order valence-corrected chi connectivity index (χ0v) is 11.8. The van der Waals surface area contributed by atoms with E-state index in [9.17, 15) is 0 Å². The average molecular weight is 238 g/mol. The zero-order valence-electron chi connectivity index (χ0n) is 11.8. The lowest BCUT2D eigenvalue weighted by Crippen LogP contribution is -2.45. The Morgan fingerprint density at radius 1 is 1.18 bits per heavy atom. The quantitative estimate of drug-likeness (QED) is 0.792. The van der Waals surface area contributed by atoms with E-state index in [-0.39, 0.29) is 0 Å². The molecule has 100 valence electrons. The van der Waals surface area contributed by atoms with Gasteiger partial charge in [0.25, 0.3) is 0 Å². The molecule has 0 aromatic rings. The maximum Gasteiger partial charge on any atom is 0.0169 e. The molecule has 0 spiro atoms. The van der Waals surface area contributed by atoms with Crippen LogP contribution in [0.15, 0.2) is 0 Å². The standard InChI is InChI=1S/C15H30N2/c1-3-14-7-6-8-15(11-14)16-13(2)12-17-9-4-5-10-17/h13-16H,3-12H2,1-2H3. The van der Waals surface area contributed by atoms with Crippen LogP contribution < -0.4 is 5.32 Å². The highest BCUT2D eigenvalue weighted by Gasteiger charge is 2.22. The molecular weight excluding hydrogens is 208 g/mol. The van der Waals surface area contributed by atoms with Gasteiger partial charge in [0.1, 0.15) is 0 Å². The first-order valence-electron chi connectivity index (χ1n) is 7.76. The van der Waals surface area contributed by atoms with E-state index in [2.05, 4.69) is 24.1 Å². The molecule has 1 N–H and O–H groups in total. The Kier molecular flexibility index (Phi) is 5.30. The summed E-state index contributed by atoms with van der Waals surface area (Å²) in [4.78, 5) is 2.62. The predicted octanol–water partition coefficient (Wildman–Crippen LogP) is 3.03. The zero-order chi connectivity index (χ0) is 12.1. The van der Waals surface area contributed by atoms with E-state index in [0.717, 1.165) is 12.0 Å². The van der Waals surface area contributed by atoms with Crippen LogP contribution in [0, 0.1) is 5.92 Å². The van der Waals surface area contributed by atoms with Gasteiger partial charge in [-0.15, -0.1) is 0 Å². The van der Waals surface area contributed by atoms with Crippen molar-refractivity contribution in [1.82, 2.24) is 10.2 Å². The van der Waals surface area contributed by atoms with E-state index in [1.54, 1.807) is 0 Å². The van der Waals surface area contributed by atoms with E-state index in [1.807, 2.05) is 0 Å². The maximum absolute atomic E-state index is 3.87. The van der Waals surface area contributed by atoms with E-state index in [1.165, 1.54) is 64.6 Å². The van der Waals surface area contributed by atoms with Crippen molar-refractivity contribution in [2.75, 3.05) is 19.6 Å². The van der Waals surface area contributed by atoms with Gasteiger partial charge in [0.05, 0.1) is 0 Å². The van der Waals surface area contributed by atoms with Crippen molar-refractivity contribution in [3.8, 4) is 0 Å². The molecule has 1 aliphatic heterocycles. The molecule has 1 saturated heterocycles. The Labute approximate surface area is 107 Å². The Bertz CT molecular complexity index is 211. The first kappa shape index (κ1) is 13.4. The second-order valence-electron chi connectivity index (χ2n) is 6.21. The van der Waals surface area contributed by atoms with Crippen LogP contribution in [0.5, 0.6) is 0 Å². The molecule has 2 nitrogen and oxygen atoms in total. The fourth-order valence-corrected chi connectivity index (χ4v) is 3.62. The van der Waals surface area contributed by atoms with Crippen molar-refractivity contribution in [2.45, 2.75) is 70.9 Å². The second-order valence-corrected chi connectivity index (χ2v) is 6.21. The first-order chi connectivity index (χ1) is 8.28. The summed E-state index contributed by atoms with van der Waals surface area (Å²) in [6, 6.07) is 1.47. The summed E-state index contributed by atoms with van der Waals surface area (Å²) in [5.74, 6) is 0.986. The summed E-state index contributed by atoms with van der Waals surface area (Å²) in [5, 5.41) is 3.87. The van der Waals surface area contributed by atoms with Gasteiger partial charge in [-0.25, -0.2) is 0 Å². The molecule has 0 aromatic carbocycles. The van der Waals surface area contributed by atoms with Gasteiger partial charge in [0.15, 0.2) is 0 Å². The van der Waals surface area contributed by atoms with Gasteiger partial charge in [-0.2, -0.15) is 0 Å². The van der Waals surface area contributed by atoms with Crippen molar-refractivity contribution >= 4 is 0 Å². The summed E-state index contributed by atoms with van der Waals surface area (Å²) < 4.78 is 0. The van der Waals surface area contributed by atoms with Gasteiger partial charge in [0.2, 0.25) is 0 Å². The van der Waals surface area contributed by atoms with E-state index < -0.39 is 0 Å². The van der Waals surface area contributed by atoms with Crippen molar-refractivity contribution < 1.29 is 0 Å². The molecule has 0 radical (unpaired) electrons. The van der Waals surface area contributed by atoms with Crippen molar-refractivity contribution in [1.29, 1.82) is 0 Å². The van der Waals surface area contributed by atoms with Crippen molar-refractivity contribution in [3.05, 3.63) is 0 Å². The molecule has 0 aromatic heterocycles. The highest BCUT2D eigenvalue weighted by molar-refractivity contribution is 4.81.